The van der Waals surface area contributed by atoms with Crippen LogP contribution in [0.3, 0.4) is 0 Å². The molecule has 0 aliphatic rings. The van der Waals surface area contributed by atoms with E-state index in [1.165, 1.54) is 22.1 Å². The SMILES string of the molecule is CCNc1nc2c(C)ccc(C)c2cc1C(C)(C)C. The van der Waals surface area contributed by atoms with E-state index in [1.54, 1.807) is 0 Å². The summed E-state index contributed by atoms with van der Waals surface area (Å²) in [6.45, 7) is 14.0. The number of nitrogens with zero attached hydrogens (tertiary/aromatic N) is 1. The summed E-state index contributed by atoms with van der Waals surface area (Å²) in [6, 6.07) is 6.64. The third-order valence-corrected chi connectivity index (χ3v) is 3.56. The number of aromatic nitrogens is 1. The Morgan fingerprint density at radius 2 is 1.74 bits per heavy atom. The highest BCUT2D eigenvalue weighted by Crippen LogP contribution is 2.33. The number of benzene rings is 1. The fourth-order valence-corrected chi connectivity index (χ4v) is 2.41. The summed E-state index contributed by atoms with van der Waals surface area (Å²) in [5.74, 6) is 1.02. The summed E-state index contributed by atoms with van der Waals surface area (Å²) in [6.07, 6.45) is 0. The van der Waals surface area contributed by atoms with Crippen molar-refractivity contribution in [3.8, 4) is 0 Å². The fourth-order valence-electron chi connectivity index (χ4n) is 2.41. The molecule has 102 valence electrons. The number of rotatable bonds is 2. The van der Waals surface area contributed by atoms with E-state index in [1.807, 2.05) is 0 Å². The minimum Gasteiger partial charge on any atom is -0.370 e. The molecule has 0 amide bonds. The van der Waals surface area contributed by atoms with Crippen molar-refractivity contribution in [1.29, 1.82) is 0 Å². The zero-order chi connectivity index (χ0) is 14.2. The summed E-state index contributed by atoms with van der Waals surface area (Å²) < 4.78 is 0. The van der Waals surface area contributed by atoms with Gasteiger partial charge in [-0.05, 0) is 43.4 Å². The lowest BCUT2D eigenvalue weighted by atomic mass is 9.86. The van der Waals surface area contributed by atoms with Gasteiger partial charge in [-0.15, -0.1) is 0 Å². The highest BCUT2D eigenvalue weighted by Gasteiger charge is 2.20. The third kappa shape index (κ3) is 2.58. The molecule has 1 aromatic heterocycles. The van der Waals surface area contributed by atoms with Crippen LogP contribution in [0.2, 0.25) is 0 Å². The van der Waals surface area contributed by atoms with Crippen molar-refractivity contribution in [1.82, 2.24) is 4.98 Å². The third-order valence-electron chi connectivity index (χ3n) is 3.56. The average Bonchev–Trinajstić information content (AvgIpc) is 2.33. The number of pyridine rings is 1. The fraction of sp³-hybridized carbons (Fsp3) is 0.471. The molecule has 0 spiro atoms. The topological polar surface area (TPSA) is 24.9 Å². The van der Waals surface area contributed by atoms with Crippen LogP contribution in [-0.2, 0) is 5.41 Å². The van der Waals surface area contributed by atoms with E-state index in [9.17, 15) is 0 Å². The number of nitrogens with one attached hydrogen (secondary N) is 1. The van der Waals surface area contributed by atoms with Crippen LogP contribution in [0, 0.1) is 13.8 Å². The van der Waals surface area contributed by atoms with Crippen molar-refractivity contribution in [2.75, 3.05) is 11.9 Å². The predicted molar refractivity (Wildman–Crippen MR) is 84.1 cm³/mol. The normalized spacial score (nSPS) is 11.9. The molecular formula is C17H24N2. The van der Waals surface area contributed by atoms with E-state index in [0.717, 1.165) is 17.9 Å². The first-order valence-corrected chi connectivity index (χ1v) is 7.00. The first kappa shape index (κ1) is 13.9. The zero-order valence-electron chi connectivity index (χ0n) is 12.9. The number of anilines is 1. The molecule has 1 N–H and O–H groups in total. The molecule has 0 unspecified atom stereocenters. The molecule has 1 aromatic carbocycles. The van der Waals surface area contributed by atoms with Gasteiger partial charge in [0.05, 0.1) is 5.52 Å². The van der Waals surface area contributed by atoms with Crippen LogP contribution < -0.4 is 5.32 Å². The molecule has 0 radical (unpaired) electrons. The van der Waals surface area contributed by atoms with Gasteiger partial charge in [-0.25, -0.2) is 4.98 Å². The van der Waals surface area contributed by atoms with E-state index in [0.29, 0.717) is 0 Å². The highest BCUT2D eigenvalue weighted by molar-refractivity contribution is 5.87. The lowest BCUT2D eigenvalue weighted by Crippen LogP contribution is -2.16. The zero-order valence-corrected chi connectivity index (χ0v) is 12.9. The summed E-state index contributed by atoms with van der Waals surface area (Å²) in [4.78, 5) is 4.88. The quantitative estimate of drug-likeness (QED) is 0.850. The van der Waals surface area contributed by atoms with E-state index >= 15 is 0 Å². The maximum Gasteiger partial charge on any atom is 0.130 e. The monoisotopic (exact) mass is 256 g/mol. The molecule has 0 aliphatic carbocycles. The number of fused-ring (bicyclic) bond motifs is 1. The van der Waals surface area contributed by atoms with E-state index in [2.05, 4.69) is 65.1 Å². The maximum atomic E-state index is 4.88. The van der Waals surface area contributed by atoms with Gasteiger partial charge >= 0.3 is 0 Å². The molecule has 1 heterocycles. The lowest BCUT2D eigenvalue weighted by Gasteiger charge is -2.24. The van der Waals surface area contributed by atoms with Gasteiger partial charge in [-0.3, -0.25) is 0 Å². The Kier molecular flexibility index (Phi) is 3.53. The minimum absolute atomic E-state index is 0.0921. The summed E-state index contributed by atoms with van der Waals surface area (Å²) in [7, 11) is 0. The largest absolute Gasteiger partial charge is 0.370 e. The summed E-state index contributed by atoms with van der Waals surface area (Å²) in [5.41, 5.74) is 5.02. The van der Waals surface area contributed by atoms with Gasteiger partial charge in [0.25, 0.3) is 0 Å². The second-order valence-corrected chi connectivity index (χ2v) is 6.26. The molecule has 0 bridgehead atoms. The Morgan fingerprint density at radius 3 is 2.32 bits per heavy atom. The van der Waals surface area contributed by atoms with Gasteiger partial charge in [0.1, 0.15) is 5.82 Å². The molecule has 0 saturated heterocycles. The first-order chi connectivity index (χ1) is 8.84. The second-order valence-electron chi connectivity index (χ2n) is 6.26. The Bertz CT molecular complexity index is 607. The number of hydrogen-bond acceptors (Lipinski definition) is 2. The van der Waals surface area contributed by atoms with Crippen molar-refractivity contribution in [2.45, 2.75) is 47.0 Å². The molecule has 2 heteroatoms. The smallest absolute Gasteiger partial charge is 0.130 e. The van der Waals surface area contributed by atoms with Gasteiger partial charge in [0, 0.05) is 17.5 Å². The van der Waals surface area contributed by atoms with Crippen LogP contribution in [0.5, 0.6) is 0 Å². The van der Waals surface area contributed by atoms with Crippen molar-refractivity contribution in [2.24, 2.45) is 0 Å². The predicted octanol–water partition coefficient (Wildman–Crippen LogP) is 4.58. The molecule has 0 saturated carbocycles. The second kappa shape index (κ2) is 4.84. The molecule has 2 rings (SSSR count). The highest BCUT2D eigenvalue weighted by atomic mass is 15.0. The van der Waals surface area contributed by atoms with Gasteiger partial charge in [0.15, 0.2) is 0 Å². The van der Waals surface area contributed by atoms with Gasteiger partial charge in [-0.2, -0.15) is 0 Å². The van der Waals surface area contributed by atoms with Crippen LogP contribution in [-0.4, -0.2) is 11.5 Å². The lowest BCUT2D eigenvalue weighted by molar-refractivity contribution is 0.590. The molecule has 19 heavy (non-hydrogen) atoms. The van der Waals surface area contributed by atoms with Crippen LogP contribution in [0.1, 0.15) is 44.4 Å². The van der Waals surface area contributed by atoms with Crippen LogP contribution >= 0.6 is 0 Å². The minimum atomic E-state index is 0.0921. The Labute approximate surface area is 116 Å². The molecule has 2 nitrogen and oxygen atoms in total. The van der Waals surface area contributed by atoms with Gasteiger partial charge in [0.2, 0.25) is 0 Å². The van der Waals surface area contributed by atoms with Crippen LogP contribution in [0.4, 0.5) is 5.82 Å². The average molecular weight is 256 g/mol. The van der Waals surface area contributed by atoms with Crippen molar-refractivity contribution < 1.29 is 0 Å². The Morgan fingerprint density at radius 1 is 1.11 bits per heavy atom. The van der Waals surface area contributed by atoms with Crippen LogP contribution in [0.15, 0.2) is 18.2 Å². The van der Waals surface area contributed by atoms with Crippen molar-refractivity contribution >= 4 is 16.7 Å². The molecular weight excluding hydrogens is 232 g/mol. The van der Waals surface area contributed by atoms with E-state index in [-0.39, 0.29) is 5.41 Å². The Hall–Kier alpha value is -1.57. The molecule has 0 fully saturated rings. The molecule has 0 aliphatic heterocycles. The maximum absolute atomic E-state index is 4.88. The summed E-state index contributed by atoms with van der Waals surface area (Å²) >= 11 is 0. The first-order valence-electron chi connectivity index (χ1n) is 7.00. The summed E-state index contributed by atoms with van der Waals surface area (Å²) in [5, 5.41) is 4.68. The van der Waals surface area contributed by atoms with E-state index < -0.39 is 0 Å². The van der Waals surface area contributed by atoms with Crippen LogP contribution in [0.25, 0.3) is 10.9 Å². The molecule has 0 atom stereocenters. The van der Waals surface area contributed by atoms with Crippen molar-refractivity contribution in [3.05, 3.63) is 34.9 Å². The van der Waals surface area contributed by atoms with Gasteiger partial charge in [-0.1, -0.05) is 32.9 Å². The molecule has 2 aromatic rings. The Balaban J connectivity index is 2.80. The standard InChI is InChI=1S/C17H24N2/c1-7-18-16-14(17(4,5)6)10-13-11(2)8-9-12(3)15(13)19-16/h8-10H,7H2,1-6H3,(H,18,19). The number of hydrogen-bond donors (Lipinski definition) is 1. The van der Waals surface area contributed by atoms with Gasteiger partial charge < -0.3 is 5.32 Å². The van der Waals surface area contributed by atoms with Crippen molar-refractivity contribution in [3.63, 3.8) is 0 Å². The van der Waals surface area contributed by atoms with E-state index in [4.69, 9.17) is 4.98 Å². The number of aryl methyl sites for hydroxylation is 2.